The molecule has 15 heavy (non-hydrogen) atoms. The maximum Gasteiger partial charge on any atom is 0.225 e. The van der Waals surface area contributed by atoms with Crippen LogP contribution in [0.15, 0.2) is 12.4 Å². The molecule has 2 rings (SSSR count). The van der Waals surface area contributed by atoms with Crippen molar-refractivity contribution in [1.82, 2.24) is 15.3 Å². The summed E-state index contributed by atoms with van der Waals surface area (Å²) in [7, 11) is 0. The number of aromatic nitrogens is 2. The van der Waals surface area contributed by atoms with Crippen LogP contribution in [0, 0.1) is 0 Å². The zero-order valence-electron chi connectivity index (χ0n) is 8.32. The summed E-state index contributed by atoms with van der Waals surface area (Å²) in [5.74, 6) is 0.776. The molecule has 0 aromatic carbocycles. The number of nitrogens with one attached hydrogen (secondary N) is 1. The maximum absolute atomic E-state index is 5.73. The largest absolute Gasteiger partial charge is 0.340 e. The highest BCUT2D eigenvalue weighted by Gasteiger charge is 2.11. The van der Waals surface area contributed by atoms with Crippen LogP contribution >= 0.6 is 24.0 Å². The monoisotopic (exact) mass is 248 g/mol. The van der Waals surface area contributed by atoms with Crippen molar-refractivity contribution < 1.29 is 0 Å². The van der Waals surface area contributed by atoms with Gasteiger partial charge in [-0.1, -0.05) is 11.6 Å². The Balaban J connectivity index is 0.00000112. The van der Waals surface area contributed by atoms with Crippen LogP contribution in [0.3, 0.4) is 0 Å². The molecule has 1 aliphatic heterocycles. The summed E-state index contributed by atoms with van der Waals surface area (Å²) in [6, 6.07) is 0. The zero-order chi connectivity index (χ0) is 9.80. The SMILES string of the molecule is Cl.Clc1cnc(N2CCCNCC2)nc1. The van der Waals surface area contributed by atoms with Crippen LogP contribution in [0.5, 0.6) is 0 Å². The van der Waals surface area contributed by atoms with E-state index in [4.69, 9.17) is 11.6 Å². The van der Waals surface area contributed by atoms with E-state index in [1.807, 2.05) is 0 Å². The second kappa shape index (κ2) is 6.10. The lowest BCUT2D eigenvalue weighted by Gasteiger charge is -2.19. The van der Waals surface area contributed by atoms with Crippen LogP contribution in [0.1, 0.15) is 6.42 Å². The van der Waals surface area contributed by atoms with E-state index in [0.29, 0.717) is 5.02 Å². The van der Waals surface area contributed by atoms with Gasteiger partial charge in [-0.2, -0.15) is 0 Å². The minimum atomic E-state index is 0. The van der Waals surface area contributed by atoms with Gasteiger partial charge in [0.15, 0.2) is 0 Å². The quantitative estimate of drug-likeness (QED) is 0.815. The van der Waals surface area contributed by atoms with E-state index in [2.05, 4.69) is 20.2 Å². The first-order chi connectivity index (χ1) is 6.86. The van der Waals surface area contributed by atoms with Crippen molar-refractivity contribution >= 4 is 30.0 Å². The predicted molar refractivity (Wildman–Crippen MR) is 64.0 cm³/mol. The fourth-order valence-corrected chi connectivity index (χ4v) is 1.61. The van der Waals surface area contributed by atoms with Crippen molar-refractivity contribution in [3.8, 4) is 0 Å². The lowest BCUT2D eigenvalue weighted by atomic mass is 10.4. The van der Waals surface area contributed by atoms with E-state index < -0.39 is 0 Å². The van der Waals surface area contributed by atoms with Gasteiger partial charge in [-0.05, 0) is 13.0 Å². The van der Waals surface area contributed by atoms with Crippen molar-refractivity contribution in [1.29, 1.82) is 0 Å². The van der Waals surface area contributed by atoms with Crippen molar-refractivity contribution in [3.05, 3.63) is 17.4 Å². The first kappa shape index (κ1) is 12.5. The molecular formula is C9H14Cl2N4. The summed E-state index contributed by atoms with van der Waals surface area (Å²) < 4.78 is 0. The molecule has 0 radical (unpaired) electrons. The number of nitrogens with zero attached hydrogens (tertiary/aromatic N) is 3. The summed E-state index contributed by atoms with van der Waals surface area (Å²) in [5.41, 5.74) is 0. The van der Waals surface area contributed by atoms with Crippen LogP contribution in [0.4, 0.5) is 5.95 Å². The highest BCUT2D eigenvalue weighted by Crippen LogP contribution is 2.10. The highest BCUT2D eigenvalue weighted by atomic mass is 35.5. The molecule has 0 saturated carbocycles. The summed E-state index contributed by atoms with van der Waals surface area (Å²) in [5, 5.41) is 3.92. The molecule has 0 atom stereocenters. The Morgan fingerprint density at radius 2 is 1.93 bits per heavy atom. The first-order valence-electron chi connectivity index (χ1n) is 4.79. The van der Waals surface area contributed by atoms with Gasteiger partial charge in [-0.15, -0.1) is 12.4 Å². The fraction of sp³-hybridized carbons (Fsp3) is 0.556. The topological polar surface area (TPSA) is 41.1 Å². The number of halogens is 2. The molecule has 1 fully saturated rings. The smallest absolute Gasteiger partial charge is 0.225 e. The number of hydrogen-bond acceptors (Lipinski definition) is 4. The van der Waals surface area contributed by atoms with Crippen molar-refractivity contribution in [2.24, 2.45) is 0 Å². The molecule has 0 unspecified atom stereocenters. The molecule has 0 amide bonds. The van der Waals surface area contributed by atoms with Crippen LogP contribution in [-0.2, 0) is 0 Å². The van der Waals surface area contributed by atoms with Crippen molar-refractivity contribution in [3.63, 3.8) is 0 Å². The van der Waals surface area contributed by atoms with Crippen molar-refractivity contribution in [2.75, 3.05) is 31.1 Å². The minimum absolute atomic E-state index is 0. The van der Waals surface area contributed by atoms with Crippen LogP contribution in [0.2, 0.25) is 5.02 Å². The standard InChI is InChI=1S/C9H13ClN4.ClH/c10-8-6-12-9(13-7-8)14-4-1-2-11-3-5-14;/h6-7,11H,1-5H2;1H. The lowest BCUT2D eigenvalue weighted by molar-refractivity contribution is 0.724. The van der Waals surface area contributed by atoms with Gasteiger partial charge in [-0.3, -0.25) is 0 Å². The normalized spacial score (nSPS) is 16.7. The Morgan fingerprint density at radius 3 is 2.67 bits per heavy atom. The molecule has 0 aliphatic carbocycles. The lowest BCUT2D eigenvalue weighted by Crippen LogP contribution is -2.29. The van der Waals surface area contributed by atoms with Gasteiger partial charge in [0.05, 0.1) is 17.4 Å². The molecule has 2 heterocycles. The zero-order valence-corrected chi connectivity index (χ0v) is 9.89. The fourth-order valence-electron chi connectivity index (χ4n) is 1.51. The Hall–Kier alpha value is -0.580. The average Bonchev–Trinajstić information content (AvgIpc) is 2.47. The third-order valence-corrected chi connectivity index (χ3v) is 2.42. The molecule has 0 bridgehead atoms. The van der Waals surface area contributed by atoms with E-state index in [0.717, 1.165) is 38.5 Å². The third kappa shape index (κ3) is 3.48. The minimum Gasteiger partial charge on any atom is -0.340 e. The van der Waals surface area contributed by atoms with E-state index in [1.165, 1.54) is 0 Å². The van der Waals surface area contributed by atoms with Gasteiger partial charge >= 0.3 is 0 Å². The Bertz CT molecular complexity index is 283. The Labute approximate surface area is 100 Å². The second-order valence-corrected chi connectivity index (χ2v) is 3.73. The molecule has 6 heteroatoms. The van der Waals surface area contributed by atoms with Gasteiger partial charge in [0.2, 0.25) is 5.95 Å². The third-order valence-electron chi connectivity index (χ3n) is 2.23. The molecule has 1 N–H and O–H groups in total. The van der Waals surface area contributed by atoms with Crippen LogP contribution in [-0.4, -0.2) is 36.1 Å². The molecule has 84 valence electrons. The molecule has 0 spiro atoms. The van der Waals surface area contributed by atoms with Crippen molar-refractivity contribution in [2.45, 2.75) is 6.42 Å². The van der Waals surface area contributed by atoms with E-state index in [-0.39, 0.29) is 12.4 Å². The summed E-state index contributed by atoms with van der Waals surface area (Å²) in [6.07, 6.45) is 4.41. The molecule has 1 saturated heterocycles. The van der Waals surface area contributed by atoms with Gasteiger partial charge in [0.25, 0.3) is 0 Å². The number of rotatable bonds is 1. The van der Waals surface area contributed by atoms with Gasteiger partial charge < -0.3 is 10.2 Å². The number of hydrogen-bond donors (Lipinski definition) is 1. The van der Waals surface area contributed by atoms with E-state index in [9.17, 15) is 0 Å². The summed E-state index contributed by atoms with van der Waals surface area (Å²) in [6.45, 7) is 4.03. The van der Waals surface area contributed by atoms with Gasteiger partial charge in [0, 0.05) is 19.6 Å². The second-order valence-electron chi connectivity index (χ2n) is 3.29. The maximum atomic E-state index is 5.73. The Morgan fingerprint density at radius 1 is 1.20 bits per heavy atom. The van der Waals surface area contributed by atoms with Gasteiger partial charge in [0.1, 0.15) is 0 Å². The first-order valence-corrected chi connectivity index (χ1v) is 5.17. The number of anilines is 1. The predicted octanol–water partition coefficient (Wildman–Crippen LogP) is 1.35. The Kier molecular flexibility index (Phi) is 5.08. The molecule has 1 aromatic rings. The molecule has 1 aliphatic rings. The highest BCUT2D eigenvalue weighted by molar-refractivity contribution is 6.30. The molecular weight excluding hydrogens is 235 g/mol. The molecule has 1 aromatic heterocycles. The van der Waals surface area contributed by atoms with E-state index in [1.54, 1.807) is 12.4 Å². The summed E-state index contributed by atoms with van der Waals surface area (Å²) >= 11 is 5.73. The van der Waals surface area contributed by atoms with E-state index >= 15 is 0 Å². The van der Waals surface area contributed by atoms with Gasteiger partial charge in [-0.25, -0.2) is 9.97 Å². The summed E-state index contributed by atoms with van der Waals surface area (Å²) in [4.78, 5) is 10.6. The van der Waals surface area contributed by atoms with Crippen LogP contribution < -0.4 is 10.2 Å². The van der Waals surface area contributed by atoms with Crippen LogP contribution in [0.25, 0.3) is 0 Å². The molecule has 4 nitrogen and oxygen atoms in total. The average molecular weight is 249 g/mol.